The van der Waals surface area contributed by atoms with E-state index < -0.39 is 5.60 Å². The van der Waals surface area contributed by atoms with Crippen LogP contribution in [0.4, 0.5) is 0 Å². The quantitative estimate of drug-likeness (QED) is 0.871. The molecular formula is C19H26N4O3. The Balaban J connectivity index is 1.73. The fourth-order valence-corrected chi connectivity index (χ4v) is 3.42. The summed E-state index contributed by atoms with van der Waals surface area (Å²) in [7, 11) is 1.88. The van der Waals surface area contributed by atoms with Crippen molar-refractivity contribution in [1.82, 2.24) is 20.1 Å². The lowest BCUT2D eigenvalue weighted by molar-refractivity contribution is -0.136. The molecule has 1 unspecified atom stereocenters. The number of amides is 1. The highest BCUT2D eigenvalue weighted by molar-refractivity contribution is 5.85. The number of nitrogens with zero attached hydrogens (tertiary/aromatic N) is 3. The first kappa shape index (κ1) is 18.2. The van der Waals surface area contributed by atoms with Crippen molar-refractivity contribution in [3.05, 3.63) is 34.4 Å². The molecule has 1 atom stereocenters. The van der Waals surface area contributed by atoms with E-state index in [0.29, 0.717) is 31.6 Å². The second-order valence-corrected chi connectivity index (χ2v) is 7.23. The van der Waals surface area contributed by atoms with E-state index in [1.165, 1.54) is 0 Å². The number of carbonyl (C=O) groups excluding carboxylic acids is 1. The summed E-state index contributed by atoms with van der Waals surface area (Å²) in [6.07, 6.45) is 3.52. The minimum Gasteiger partial charge on any atom is -0.507 e. The fourth-order valence-electron chi connectivity index (χ4n) is 3.42. The molecule has 26 heavy (non-hydrogen) atoms. The Morgan fingerprint density at radius 3 is 2.73 bits per heavy atom. The number of hydrogen-bond donors (Lipinski definition) is 2. The first-order chi connectivity index (χ1) is 12.2. The van der Waals surface area contributed by atoms with Crippen molar-refractivity contribution in [1.29, 1.82) is 0 Å². The number of phenols is 1. The van der Waals surface area contributed by atoms with Crippen molar-refractivity contribution in [3.8, 4) is 11.5 Å². The van der Waals surface area contributed by atoms with Crippen molar-refractivity contribution in [2.75, 3.05) is 6.54 Å². The summed E-state index contributed by atoms with van der Waals surface area (Å²) in [6.45, 7) is 7.99. The number of nitrogens with one attached hydrogen (secondary N) is 1. The zero-order valence-electron chi connectivity index (χ0n) is 16.0. The molecule has 0 radical (unpaired) electrons. The van der Waals surface area contributed by atoms with Gasteiger partial charge in [-0.3, -0.25) is 4.79 Å². The lowest BCUT2D eigenvalue weighted by Crippen LogP contribution is -2.51. The summed E-state index contributed by atoms with van der Waals surface area (Å²) in [5, 5.41) is 21.1. The van der Waals surface area contributed by atoms with Crippen LogP contribution in [-0.2, 0) is 24.7 Å². The Hall–Kier alpha value is -2.57. The Morgan fingerprint density at radius 1 is 1.35 bits per heavy atom. The van der Waals surface area contributed by atoms with Gasteiger partial charge in [-0.2, -0.15) is 0 Å². The average molecular weight is 358 g/mol. The average Bonchev–Trinajstić information content (AvgIpc) is 3.03. The van der Waals surface area contributed by atoms with E-state index in [1.54, 1.807) is 6.33 Å². The lowest BCUT2D eigenvalue weighted by Gasteiger charge is -2.36. The van der Waals surface area contributed by atoms with Crippen molar-refractivity contribution in [3.63, 3.8) is 0 Å². The van der Waals surface area contributed by atoms with Crippen LogP contribution in [0.5, 0.6) is 11.5 Å². The lowest BCUT2D eigenvalue weighted by atomic mass is 9.86. The standard InChI is InChI=1S/C19H26N4O3/c1-11-12(2)17-14(13(3)16(11)24)6-8-19(4,26-17)18(25)20-9-7-15-22-21-10-23(15)5/h10,24H,6-9H2,1-5H3,(H,20,25). The van der Waals surface area contributed by atoms with Crippen LogP contribution >= 0.6 is 0 Å². The van der Waals surface area contributed by atoms with Gasteiger partial charge < -0.3 is 19.7 Å². The molecular weight excluding hydrogens is 332 g/mol. The molecule has 1 aromatic carbocycles. The third-order valence-electron chi connectivity index (χ3n) is 5.44. The molecule has 1 aromatic heterocycles. The van der Waals surface area contributed by atoms with Crippen LogP contribution in [0.25, 0.3) is 0 Å². The largest absolute Gasteiger partial charge is 0.507 e. The van der Waals surface area contributed by atoms with Crippen LogP contribution in [0.15, 0.2) is 6.33 Å². The number of carbonyl (C=O) groups is 1. The predicted molar refractivity (Wildman–Crippen MR) is 97.4 cm³/mol. The number of aromatic nitrogens is 3. The van der Waals surface area contributed by atoms with E-state index in [1.807, 2.05) is 39.3 Å². The van der Waals surface area contributed by atoms with Crippen molar-refractivity contribution in [2.24, 2.45) is 7.05 Å². The van der Waals surface area contributed by atoms with Crippen LogP contribution in [0, 0.1) is 20.8 Å². The molecule has 7 nitrogen and oxygen atoms in total. The van der Waals surface area contributed by atoms with Crippen molar-refractivity contribution >= 4 is 5.91 Å². The van der Waals surface area contributed by atoms with Gasteiger partial charge in [0.2, 0.25) is 0 Å². The molecule has 3 rings (SSSR count). The molecule has 2 aromatic rings. The number of aromatic hydroxyl groups is 1. The van der Waals surface area contributed by atoms with Crippen LogP contribution in [0.1, 0.15) is 41.4 Å². The summed E-state index contributed by atoms with van der Waals surface area (Å²) in [6, 6.07) is 0. The van der Waals surface area contributed by atoms with Gasteiger partial charge in [-0.25, -0.2) is 0 Å². The molecule has 0 spiro atoms. The van der Waals surface area contributed by atoms with E-state index >= 15 is 0 Å². The van der Waals surface area contributed by atoms with E-state index in [9.17, 15) is 9.90 Å². The van der Waals surface area contributed by atoms with Gasteiger partial charge in [-0.05, 0) is 50.8 Å². The Bertz CT molecular complexity index is 859. The van der Waals surface area contributed by atoms with Gasteiger partial charge in [0.05, 0.1) is 0 Å². The molecule has 1 aliphatic heterocycles. The maximum absolute atomic E-state index is 12.8. The van der Waals surface area contributed by atoms with Gasteiger partial charge in [-0.15, -0.1) is 10.2 Å². The predicted octanol–water partition coefficient (Wildman–Crippen LogP) is 1.89. The van der Waals surface area contributed by atoms with Gasteiger partial charge >= 0.3 is 0 Å². The highest BCUT2D eigenvalue weighted by Crippen LogP contribution is 2.43. The van der Waals surface area contributed by atoms with Crippen molar-refractivity contribution < 1.29 is 14.6 Å². The van der Waals surface area contributed by atoms with Crippen LogP contribution in [0.2, 0.25) is 0 Å². The van der Waals surface area contributed by atoms with Gasteiger partial charge in [0.1, 0.15) is 23.7 Å². The molecule has 2 heterocycles. The molecule has 2 N–H and O–H groups in total. The Kier molecular flexibility index (Phi) is 4.64. The van der Waals surface area contributed by atoms with E-state index in [-0.39, 0.29) is 5.91 Å². The summed E-state index contributed by atoms with van der Waals surface area (Å²) in [4.78, 5) is 12.8. The number of aryl methyl sites for hydroxylation is 1. The molecule has 1 aliphatic rings. The first-order valence-electron chi connectivity index (χ1n) is 8.86. The topological polar surface area (TPSA) is 89.3 Å². The maximum Gasteiger partial charge on any atom is 0.263 e. The van der Waals surface area contributed by atoms with E-state index in [0.717, 1.165) is 33.8 Å². The second kappa shape index (κ2) is 6.63. The number of phenolic OH excluding ortho intramolecular Hbond substituents is 1. The minimum absolute atomic E-state index is 0.131. The third kappa shape index (κ3) is 3.02. The fraction of sp³-hybridized carbons (Fsp3) is 0.526. The van der Waals surface area contributed by atoms with Crippen molar-refractivity contribution in [2.45, 2.75) is 52.6 Å². The monoisotopic (exact) mass is 358 g/mol. The number of fused-ring (bicyclic) bond motifs is 1. The Morgan fingerprint density at radius 2 is 2.08 bits per heavy atom. The number of ether oxygens (including phenoxy) is 1. The smallest absolute Gasteiger partial charge is 0.263 e. The number of hydrogen-bond acceptors (Lipinski definition) is 5. The molecule has 7 heteroatoms. The molecule has 140 valence electrons. The van der Waals surface area contributed by atoms with Gasteiger partial charge in [-0.1, -0.05) is 0 Å². The normalized spacial score (nSPS) is 19.0. The summed E-state index contributed by atoms with van der Waals surface area (Å²) in [5.41, 5.74) is 2.60. The highest BCUT2D eigenvalue weighted by atomic mass is 16.5. The Labute approximate surface area is 153 Å². The molecule has 0 aliphatic carbocycles. The third-order valence-corrected chi connectivity index (χ3v) is 5.44. The SMILES string of the molecule is Cc1c(C)c2c(c(C)c1O)CCC(C)(C(=O)NCCc1nncn1C)O2. The number of rotatable bonds is 4. The number of benzene rings is 1. The summed E-state index contributed by atoms with van der Waals surface area (Å²) in [5.74, 6) is 1.74. The molecule has 1 amide bonds. The molecule has 0 fully saturated rings. The highest BCUT2D eigenvalue weighted by Gasteiger charge is 2.40. The van der Waals surface area contributed by atoms with E-state index in [4.69, 9.17) is 4.74 Å². The summed E-state index contributed by atoms with van der Waals surface area (Å²) < 4.78 is 8.02. The van der Waals surface area contributed by atoms with Crippen LogP contribution in [0.3, 0.4) is 0 Å². The molecule has 0 bridgehead atoms. The van der Waals surface area contributed by atoms with Gasteiger partial charge in [0.15, 0.2) is 5.60 Å². The minimum atomic E-state index is -0.923. The van der Waals surface area contributed by atoms with Crippen LogP contribution < -0.4 is 10.1 Å². The zero-order valence-corrected chi connectivity index (χ0v) is 16.0. The van der Waals surface area contributed by atoms with Gasteiger partial charge in [0, 0.05) is 32.0 Å². The first-order valence-corrected chi connectivity index (χ1v) is 8.86. The maximum atomic E-state index is 12.8. The van der Waals surface area contributed by atoms with Gasteiger partial charge in [0.25, 0.3) is 5.91 Å². The van der Waals surface area contributed by atoms with Crippen LogP contribution in [-0.4, -0.2) is 37.9 Å². The zero-order chi connectivity index (χ0) is 19.1. The molecule has 0 saturated carbocycles. The molecule has 0 saturated heterocycles. The van der Waals surface area contributed by atoms with E-state index in [2.05, 4.69) is 15.5 Å². The summed E-state index contributed by atoms with van der Waals surface area (Å²) >= 11 is 0. The second-order valence-electron chi connectivity index (χ2n) is 7.23.